The van der Waals surface area contributed by atoms with E-state index in [1.165, 1.54) is 7.11 Å². The normalized spacial score (nSPS) is 10.6. The average Bonchev–Trinajstić information content (AvgIpc) is 2.77. The van der Waals surface area contributed by atoms with Gasteiger partial charge in [0, 0.05) is 12.6 Å². The first kappa shape index (κ1) is 14.0. The van der Waals surface area contributed by atoms with E-state index in [9.17, 15) is 4.79 Å². The summed E-state index contributed by atoms with van der Waals surface area (Å²) in [5.41, 5.74) is 7.73. The van der Waals surface area contributed by atoms with Crippen LogP contribution in [0.1, 0.15) is 34.6 Å². The van der Waals surface area contributed by atoms with Crippen molar-refractivity contribution in [2.45, 2.75) is 26.8 Å². The number of nitrogens with zero attached hydrogens (tertiary/aromatic N) is 4. The SMILES string of the molecule is CCc1nc(C(=O)OC)c(N)n1Cc1cnc(C)cn1. The van der Waals surface area contributed by atoms with Crippen LogP contribution in [-0.4, -0.2) is 32.6 Å². The molecule has 0 aliphatic heterocycles. The van der Waals surface area contributed by atoms with E-state index in [1.807, 2.05) is 13.8 Å². The molecule has 2 rings (SSSR count). The van der Waals surface area contributed by atoms with Gasteiger partial charge in [0.1, 0.15) is 11.6 Å². The van der Waals surface area contributed by atoms with Gasteiger partial charge < -0.3 is 15.0 Å². The van der Waals surface area contributed by atoms with Crippen LogP contribution < -0.4 is 5.73 Å². The summed E-state index contributed by atoms with van der Waals surface area (Å²) in [5, 5.41) is 0. The Morgan fingerprint density at radius 2 is 2.15 bits per heavy atom. The van der Waals surface area contributed by atoms with Crippen LogP contribution in [0.2, 0.25) is 0 Å². The molecule has 7 nitrogen and oxygen atoms in total. The van der Waals surface area contributed by atoms with Crippen LogP contribution >= 0.6 is 0 Å². The molecule has 2 aromatic rings. The van der Waals surface area contributed by atoms with Crippen molar-refractivity contribution in [3.63, 3.8) is 0 Å². The number of esters is 1. The Bertz CT molecular complexity index is 618. The van der Waals surface area contributed by atoms with Crippen molar-refractivity contribution in [1.29, 1.82) is 0 Å². The third-order valence-corrected chi connectivity index (χ3v) is 2.94. The first-order valence-corrected chi connectivity index (χ1v) is 6.27. The van der Waals surface area contributed by atoms with Crippen molar-refractivity contribution in [3.05, 3.63) is 35.3 Å². The Morgan fingerprint density at radius 3 is 2.70 bits per heavy atom. The minimum Gasteiger partial charge on any atom is -0.464 e. The fourth-order valence-corrected chi connectivity index (χ4v) is 1.87. The van der Waals surface area contributed by atoms with Crippen molar-refractivity contribution in [2.24, 2.45) is 0 Å². The van der Waals surface area contributed by atoms with Crippen molar-refractivity contribution >= 4 is 11.8 Å². The molecule has 0 aliphatic rings. The highest BCUT2D eigenvalue weighted by Crippen LogP contribution is 2.17. The summed E-state index contributed by atoms with van der Waals surface area (Å²) >= 11 is 0. The van der Waals surface area contributed by atoms with E-state index in [-0.39, 0.29) is 11.5 Å². The number of nitrogens with two attached hydrogens (primary N) is 1. The quantitative estimate of drug-likeness (QED) is 0.835. The van der Waals surface area contributed by atoms with Gasteiger partial charge in [-0.25, -0.2) is 9.78 Å². The van der Waals surface area contributed by atoms with Gasteiger partial charge in [0.25, 0.3) is 0 Å². The predicted molar refractivity (Wildman–Crippen MR) is 73.2 cm³/mol. The summed E-state index contributed by atoms with van der Waals surface area (Å²) in [6.45, 7) is 4.24. The second-order valence-corrected chi connectivity index (χ2v) is 4.34. The number of carbonyl (C=O) groups excluding carboxylic acids is 1. The Balaban J connectivity index is 2.37. The summed E-state index contributed by atoms with van der Waals surface area (Å²) in [6.07, 6.45) is 4.03. The Kier molecular flexibility index (Phi) is 3.97. The molecule has 20 heavy (non-hydrogen) atoms. The van der Waals surface area contributed by atoms with Gasteiger partial charge in [-0.3, -0.25) is 9.97 Å². The van der Waals surface area contributed by atoms with Crippen molar-refractivity contribution < 1.29 is 9.53 Å². The van der Waals surface area contributed by atoms with Crippen LogP contribution in [0.5, 0.6) is 0 Å². The van der Waals surface area contributed by atoms with Crippen LogP contribution in [0.4, 0.5) is 5.82 Å². The Labute approximate surface area is 116 Å². The van der Waals surface area contributed by atoms with E-state index in [1.54, 1.807) is 17.0 Å². The lowest BCUT2D eigenvalue weighted by Crippen LogP contribution is -2.11. The number of anilines is 1. The molecule has 0 fully saturated rings. The van der Waals surface area contributed by atoms with Crippen LogP contribution in [-0.2, 0) is 17.7 Å². The minimum atomic E-state index is -0.536. The van der Waals surface area contributed by atoms with Gasteiger partial charge in [-0.05, 0) is 6.92 Å². The Morgan fingerprint density at radius 1 is 1.40 bits per heavy atom. The number of ether oxygens (including phenoxy) is 1. The molecule has 0 aromatic carbocycles. The fourth-order valence-electron chi connectivity index (χ4n) is 1.87. The number of methoxy groups -OCH3 is 1. The molecule has 0 aliphatic carbocycles. The molecular formula is C13H17N5O2. The maximum atomic E-state index is 11.6. The fraction of sp³-hybridized carbons (Fsp3) is 0.385. The number of nitrogen functional groups attached to an aromatic ring is 1. The molecule has 0 saturated carbocycles. The number of aryl methyl sites for hydroxylation is 2. The van der Waals surface area contributed by atoms with Crippen LogP contribution in [0.3, 0.4) is 0 Å². The smallest absolute Gasteiger partial charge is 0.360 e. The zero-order valence-electron chi connectivity index (χ0n) is 11.8. The van der Waals surface area contributed by atoms with Crippen molar-refractivity contribution in [1.82, 2.24) is 19.5 Å². The van der Waals surface area contributed by atoms with Gasteiger partial charge in [-0.2, -0.15) is 0 Å². The van der Waals surface area contributed by atoms with Crippen LogP contribution in [0.25, 0.3) is 0 Å². The van der Waals surface area contributed by atoms with Gasteiger partial charge in [0.2, 0.25) is 0 Å². The van der Waals surface area contributed by atoms with E-state index < -0.39 is 5.97 Å². The highest BCUT2D eigenvalue weighted by Gasteiger charge is 2.20. The summed E-state index contributed by atoms with van der Waals surface area (Å²) < 4.78 is 6.43. The molecule has 2 heterocycles. The molecule has 106 valence electrons. The van der Waals surface area contributed by atoms with E-state index in [2.05, 4.69) is 19.7 Å². The lowest BCUT2D eigenvalue weighted by atomic mass is 10.3. The lowest BCUT2D eigenvalue weighted by molar-refractivity contribution is 0.0595. The molecule has 7 heteroatoms. The monoisotopic (exact) mass is 275 g/mol. The number of rotatable bonds is 4. The second-order valence-electron chi connectivity index (χ2n) is 4.34. The molecular weight excluding hydrogens is 258 g/mol. The van der Waals surface area contributed by atoms with Crippen LogP contribution in [0.15, 0.2) is 12.4 Å². The third-order valence-electron chi connectivity index (χ3n) is 2.94. The van der Waals surface area contributed by atoms with Gasteiger partial charge in [-0.1, -0.05) is 6.92 Å². The largest absolute Gasteiger partial charge is 0.464 e. The standard InChI is InChI=1S/C13H17N5O2/c1-4-10-17-11(13(19)20-3)12(14)18(10)7-9-6-15-8(2)5-16-9/h5-6H,4,7,14H2,1-3H3. The molecule has 0 unspecified atom stereocenters. The van der Waals surface area contributed by atoms with Crippen molar-refractivity contribution in [3.8, 4) is 0 Å². The van der Waals surface area contributed by atoms with Gasteiger partial charge in [0.05, 0.1) is 31.2 Å². The summed E-state index contributed by atoms with van der Waals surface area (Å²) in [7, 11) is 1.30. The lowest BCUT2D eigenvalue weighted by Gasteiger charge is -2.08. The van der Waals surface area contributed by atoms with Crippen molar-refractivity contribution in [2.75, 3.05) is 12.8 Å². The maximum Gasteiger partial charge on any atom is 0.360 e. The molecule has 0 saturated heterocycles. The summed E-state index contributed by atoms with van der Waals surface area (Å²) in [6, 6.07) is 0. The molecule has 0 spiro atoms. The summed E-state index contributed by atoms with van der Waals surface area (Å²) in [4.78, 5) is 24.3. The summed E-state index contributed by atoms with van der Waals surface area (Å²) in [5.74, 6) is 0.465. The van der Waals surface area contributed by atoms with E-state index in [0.29, 0.717) is 18.8 Å². The molecule has 2 aromatic heterocycles. The number of hydrogen-bond donors (Lipinski definition) is 1. The van der Waals surface area contributed by atoms with E-state index >= 15 is 0 Å². The third kappa shape index (κ3) is 2.61. The second kappa shape index (κ2) is 5.68. The first-order valence-electron chi connectivity index (χ1n) is 6.27. The number of aromatic nitrogens is 4. The first-order chi connectivity index (χ1) is 9.56. The van der Waals surface area contributed by atoms with Crippen LogP contribution in [0, 0.1) is 6.92 Å². The highest BCUT2D eigenvalue weighted by molar-refractivity contribution is 5.92. The van der Waals surface area contributed by atoms with Gasteiger partial charge in [-0.15, -0.1) is 0 Å². The van der Waals surface area contributed by atoms with Gasteiger partial charge >= 0.3 is 5.97 Å². The number of imidazole rings is 1. The molecule has 0 atom stereocenters. The molecule has 0 bridgehead atoms. The molecule has 0 amide bonds. The number of hydrogen-bond acceptors (Lipinski definition) is 6. The predicted octanol–water partition coefficient (Wildman–Crippen LogP) is 0.961. The average molecular weight is 275 g/mol. The molecule has 2 N–H and O–H groups in total. The highest BCUT2D eigenvalue weighted by atomic mass is 16.5. The topological polar surface area (TPSA) is 95.9 Å². The molecule has 0 radical (unpaired) electrons. The zero-order valence-corrected chi connectivity index (χ0v) is 11.8. The zero-order chi connectivity index (χ0) is 14.7. The number of carbonyl (C=O) groups is 1. The maximum absolute atomic E-state index is 11.6. The van der Waals surface area contributed by atoms with E-state index in [4.69, 9.17) is 5.73 Å². The van der Waals surface area contributed by atoms with E-state index in [0.717, 1.165) is 11.4 Å². The Hall–Kier alpha value is -2.44. The van der Waals surface area contributed by atoms with Gasteiger partial charge in [0.15, 0.2) is 5.69 Å². The minimum absolute atomic E-state index is 0.143.